The standard InChI is InChI=1S/C8H17.2C2H4O2S3.Sb/c1-4-5-6-7-8(2)3;2*3-1(4)2(5,6)7;/h8H,1,4-7H2,2-3H3;2*5-7H,(H,3,4);/q;;;+2/p-2. The SMILES string of the molecule is CC(C)CCCC[CH2][Sb+2].O=C([O-])C(S)(S)S.O=C([O-])C(S)(S)S. The van der Waals surface area contributed by atoms with Crippen LogP contribution in [0, 0.1) is 5.92 Å². The Morgan fingerprint density at radius 1 is 0.870 bits per heavy atom. The molecule has 0 aromatic rings. The van der Waals surface area contributed by atoms with E-state index in [1.54, 1.807) is 0 Å². The second-order valence-corrected chi connectivity index (χ2v) is 12.2. The third-order valence-corrected chi connectivity index (χ3v) is 3.99. The van der Waals surface area contributed by atoms with Crippen molar-refractivity contribution in [3.63, 3.8) is 0 Å². The van der Waals surface area contributed by atoms with Gasteiger partial charge >= 0.3 is 72.8 Å². The van der Waals surface area contributed by atoms with Gasteiger partial charge in [0, 0.05) is 0 Å². The number of carboxylic acid groups (broad SMARTS) is 2. The van der Waals surface area contributed by atoms with Crippen molar-refractivity contribution >= 4 is 111 Å². The zero-order chi connectivity index (χ0) is 19.3. The number of carboxylic acids is 2. The number of hydrogen-bond acceptors (Lipinski definition) is 10. The normalized spacial score (nSPS) is 11.0. The maximum atomic E-state index is 9.68. The van der Waals surface area contributed by atoms with E-state index in [-0.39, 0.29) is 0 Å². The molecule has 0 amide bonds. The third-order valence-electron chi connectivity index (χ3n) is 1.99. The number of rotatable bonds is 7. The summed E-state index contributed by atoms with van der Waals surface area (Å²) in [6.07, 6.45) is 5.76. The monoisotopic (exact) mass is 544 g/mol. The summed E-state index contributed by atoms with van der Waals surface area (Å²) in [5.41, 5.74) is 0. The summed E-state index contributed by atoms with van der Waals surface area (Å²) in [4.78, 5) is 19.4. The first kappa shape index (κ1) is 29.6. The molecule has 136 valence electrons. The minimum atomic E-state index is -1.61. The Balaban J connectivity index is -0.000000264. The Labute approximate surface area is 185 Å². The molecule has 0 spiro atoms. The molecule has 0 unspecified atom stereocenters. The summed E-state index contributed by atoms with van der Waals surface area (Å²) in [5.74, 6) is -1.92. The zero-order valence-corrected chi connectivity index (χ0v) is 20.8. The van der Waals surface area contributed by atoms with Crippen LogP contribution in [0.2, 0.25) is 4.37 Å². The van der Waals surface area contributed by atoms with Gasteiger partial charge in [0.15, 0.2) is 0 Å². The number of carbonyl (C=O) groups is 2. The van der Waals surface area contributed by atoms with E-state index in [1.165, 1.54) is 30.1 Å². The van der Waals surface area contributed by atoms with Crippen LogP contribution in [0.5, 0.6) is 0 Å². The van der Waals surface area contributed by atoms with Gasteiger partial charge in [0.2, 0.25) is 0 Å². The van der Waals surface area contributed by atoms with E-state index in [1.807, 2.05) is 23.0 Å². The van der Waals surface area contributed by atoms with Gasteiger partial charge in [-0.05, 0) is 0 Å². The van der Waals surface area contributed by atoms with Crippen LogP contribution in [0.3, 0.4) is 0 Å². The van der Waals surface area contributed by atoms with E-state index in [9.17, 15) is 19.8 Å². The molecule has 0 aromatic heterocycles. The summed E-state index contributed by atoms with van der Waals surface area (Å²) < 4.78 is -1.81. The van der Waals surface area contributed by atoms with Crippen LogP contribution < -0.4 is 10.2 Å². The molecule has 0 heterocycles. The van der Waals surface area contributed by atoms with E-state index in [2.05, 4.69) is 89.6 Å². The number of thiol groups is 6. The van der Waals surface area contributed by atoms with E-state index in [4.69, 9.17) is 0 Å². The summed E-state index contributed by atoms with van der Waals surface area (Å²) in [6.45, 7) is 4.60. The maximum absolute atomic E-state index is 9.68. The minimum Gasteiger partial charge on any atom is -0.547 e. The Kier molecular flexibility index (Phi) is 20.7. The van der Waals surface area contributed by atoms with E-state index < -0.39 is 18.8 Å². The van der Waals surface area contributed by atoms with E-state index in [0.29, 0.717) is 0 Å². The van der Waals surface area contributed by atoms with Crippen molar-refractivity contribution in [1.29, 1.82) is 0 Å². The largest absolute Gasteiger partial charge is 0.547 e. The fraction of sp³-hybridized carbons (Fsp3) is 0.833. The van der Waals surface area contributed by atoms with Crippen molar-refractivity contribution in [2.24, 2.45) is 5.92 Å². The Morgan fingerprint density at radius 2 is 1.17 bits per heavy atom. The van der Waals surface area contributed by atoms with Gasteiger partial charge in [-0.1, -0.05) is 0 Å². The van der Waals surface area contributed by atoms with Crippen molar-refractivity contribution in [3.8, 4) is 0 Å². The third kappa shape index (κ3) is 28.9. The van der Waals surface area contributed by atoms with Gasteiger partial charge in [-0.15, -0.1) is 75.8 Å². The van der Waals surface area contributed by atoms with Gasteiger partial charge in [-0.3, -0.25) is 0 Å². The van der Waals surface area contributed by atoms with Crippen LogP contribution in [0.4, 0.5) is 0 Å². The molecule has 0 saturated heterocycles. The molecule has 4 nitrogen and oxygen atoms in total. The molecule has 0 rings (SSSR count). The summed E-state index contributed by atoms with van der Waals surface area (Å²) >= 11 is 22.4. The van der Waals surface area contributed by atoms with Crippen molar-refractivity contribution in [2.45, 2.75) is 50.7 Å². The molecule has 0 N–H and O–H groups in total. The van der Waals surface area contributed by atoms with Crippen molar-refractivity contribution in [2.75, 3.05) is 0 Å². The van der Waals surface area contributed by atoms with Gasteiger partial charge in [-0.25, -0.2) is 0 Å². The molecule has 0 atom stereocenters. The second-order valence-electron chi connectivity index (χ2n) is 4.81. The Bertz CT molecular complexity index is 304. The average Bonchev–Trinajstić information content (AvgIpc) is 2.33. The molecule has 0 bridgehead atoms. The zero-order valence-electron chi connectivity index (χ0n) is 12.9. The molecule has 0 fully saturated rings. The first-order chi connectivity index (χ1) is 10.2. The maximum Gasteiger partial charge on any atom is 0.138 e. The second kappa shape index (κ2) is 16.1. The molecule has 0 aliphatic carbocycles. The van der Waals surface area contributed by atoms with Crippen molar-refractivity contribution in [1.82, 2.24) is 0 Å². The number of aliphatic carboxylic acids is 2. The van der Waals surface area contributed by atoms with Crippen LogP contribution in [-0.4, -0.2) is 41.8 Å². The molecule has 11 heteroatoms. The van der Waals surface area contributed by atoms with E-state index >= 15 is 0 Å². The van der Waals surface area contributed by atoms with Gasteiger partial charge in [-0.2, -0.15) is 0 Å². The van der Waals surface area contributed by atoms with Crippen LogP contribution in [-0.2, 0) is 9.59 Å². The first-order valence-electron chi connectivity index (χ1n) is 6.54. The minimum absolute atomic E-state index is 0.909. The smallest absolute Gasteiger partial charge is 0.138 e. The molecular weight excluding hydrogens is 522 g/mol. The predicted octanol–water partition coefficient (Wildman–Crippen LogP) is 1.15. The Morgan fingerprint density at radius 3 is 1.35 bits per heavy atom. The van der Waals surface area contributed by atoms with Crippen molar-refractivity contribution in [3.05, 3.63) is 0 Å². The molecule has 2 radical (unpaired) electrons. The van der Waals surface area contributed by atoms with E-state index in [0.717, 1.165) is 5.92 Å². The molecule has 23 heavy (non-hydrogen) atoms. The van der Waals surface area contributed by atoms with Crippen LogP contribution >= 0.6 is 75.8 Å². The topological polar surface area (TPSA) is 80.3 Å². The number of carbonyl (C=O) groups excluding carboxylic acids is 2. The molecule has 0 saturated carbocycles. The molecule has 0 aliphatic rings. The quantitative estimate of drug-likeness (QED) is 0.126. The first-order valence-corrected chi connectivity index (χ1v) is 11.0. The van der Waals surface area contributed by atoms with Gasteiger partial charge in [0.05, 0.1) is 11.9 Å². The van der Waals surface area contributed by atoms with Gasteiger partial charge in [0.25, 0.3) is 0 Å². The predicted molar refractivity (Wildman–Crippen MR) is 113 cm³/mol. The number of hydrogen-bond donors (Lipinski definition) is 6. The Hall–Kier alpha value is 1.86. The molecule has 0 aromatic carbocycles. The van der Waals surface area contributed by atoms with Crippen LogP contribution in [0.25, 0.3) is 0 Å². The summed E-state index contributed by atoms with van der Waals surface area (Å²) in [5, 5.41) is 19.4. The molecular formula is C12H23O4S6Sb. The van der Waals surface area contributed by atoms with Crippen molar-refractivity contribution < 1.29 is 19.8 Å². The van der Waals surface area contributed by atoms with Crippen LogP contribution in [0.15, 0.2) is 0 Å². The van der Waals surface area contributed by atoms with Crippen LogP contribution in [0.1, 0.15) is 39.5 Å². The average molecular weight is 545 g/mol. The summed E-state index contributed by atoms with van der Waals surface area (Å²) in [6, 6.07) is 0. The van der Waals surface area contributed by atoms with Gasteiger partial charge < -0.3 is 19.8 Å². The fourth-order valence-electron chi connectivity index (χ4n) is 0.841. The van der Waals surface area contributed by atoms with Gasteiger partial charge in [0.1, 0.15) is 6.82 Å². The fourth-order valence-corrected chi connectivity index (χ4v) is 1.48. The molecule has 0 aliphatic heterocycles. The number of unbranched alkanes of at least 4 members (excludes halogenated alkanes) is 2. The summed E-state index contributed by atoms with van der Waals surface area (Å²) in [7, 11) is 0.